The number of rotatable bonds is 2. The summed E-state index contributed by atoms with van der Waals surface area (Å²) < 4.78 is 5.43. The summed E-state index contributed by atoms with van der Waals surface area (Å²) >= 11 is 0. The van der Waals surface area contributed by atoms with Crippen LogP contribution in [0.2, 0.25) is 0 Å². The van der Waals surface area contributed by atoms with Crippen molar-refractivity contribution in [2.45, 2.75) is 19.4 Å². The van der Waals surface area contributed by atoms with Crippen LogP contribution >= 0.6 is 0 Å². The summed E-state index contributed by atoms with van der Waals surface area (Å²) in [6.07, 6.45) is 2.34. The first-order valence-electron chi connectivity index (χ1n) is 4.22. The fraction of sp³-hybridized carbons (Fsp3) is 0.333. The van der Waals surface area contributed by atoms with Crippen molar-refractivity contribution in [1.82, 2.24) is 9.97 Å². The molecule has 13 heavy (non-hydrogen) atoms. The topological polar surface area (TPSA) is 64.9 Å². The number of aromatic nitrogens is 2. The van der Waals surface area contributed by atoms with Crippen LogP contribution in [0.25, 0.3) is 11.2 Å². The summed E-state index contributed by atoms with van der Waals surface area (Å²) in [7, 11) is 0. The standard InChI is InChI=1S/C9H11N3O/c1-6(10)5-8-12-9-7(13-8)3-2-4-11-9/h2-4,6H,5,10H2,1H3. The Morgan fingerprint density at radius 1 is 1.62 bits per heavy atom. The second kappa shape index (κ2) is 3.14. The van der Waals surface area contributed by atoms with Crippen LogP contribution in [0.3, 0.4) is 0 Å². The fourth-order valence-corrected chi connectivity index (χ4v) is 1.18. The molecule has 0 radical (unpaired) electrons. The second-order valence-corrected chi connectivity index (χ2v) is 3.11. The Kier molecular flexibility index (Phi) is 1.98. The molecule has 0 aromatic carbocycles. The van der Waals surface area contributed by atoms with Gasteiger partial charge in [-0.15, -0.1) is 0 Å². The molecule has 0 bridgehead atoms. The van der Waals surface area contributed by atoms with Gasteiger partial charge in [-0.2, -0.15) is 4.98 Å². The van der Waals surface area contributed by atoms with E-state index < -0.39 is 0 Å². The Morgan fingerprint density at radius 2 is 2.46 bits per heavy atom. The van der Waals surface area contributed by atoms with E-state index in [1.54, 1.807) is 6.20 Å². The van der Waals surface area contributed by atoms with Crippen molar-refractivity contribution in [3.63, 3.8) is 0 Å². The van der Waals surface area contributed by atoms with E-state index >= 15 is 0 Å². The Bertz CT molecular complexity index is 375. The Labute approximate surface area is 75.8 Å². The molecule has 4 nitrogen and oxygen atoms in total. The molecule has 0 saturated carbocycles. The quantitative estimate of drug-likeness (QED) is 0.746. The van der Waals surface area contributed by atoms with Crippen LogP contribution in [0.1, 0.15) is 12.8 Å². The lowest BCUT2D eigenvalue weighted by molar-refractivity contribution is 0.507. The number of pyridine rings is 1. The zero-order valence-electron chi connectivity index (χ0n) is 7.40. The first-order valence-corrected chi connectivity index (χ1v) is 4.22. The first-order chi connectivity index (χ1) is 6.25. The highest BCUT2D eigenvalue weighted by Gasteiger charge is 2.07. The second-order valence-electron chi connectivity index (χ2n) is 3.11. The predicted molar refractivity (Wildman–Crippen MR) is 49.2 cm³/mol. The van der Waals surface area contributed by atoms with Crippen LogP contribution in [0, 0.1) is 0 Å². The summed E-state index contributed by atoms with van der Waals surface area (Å²) in [4.78, 5) is 8.26. The molecule has 2 aromatic rings. The molecule has 0 spiro atoms. The van der Waals surface area contributed by atoms with Gasteiger partial charge in [-0.05, 0) is 19.1 Å². The zero-order chi connectivity index (χ0) is 9.26. The molecule has 2 heterocycles. The molecule has 0 fully saturated rings. The lowest BCUT2D eigenvalue weighted by atomic mass is 10.2. The minimum Gasteiger partial charge on any atom is -0.439 e. The normalized spacial score (nSPS) is 13.4. The van der Waals surface area contributed by atoms with Crippen LogP contribution in [0.5, 0.6) is 0 Å². The third-order valence-corrected chi connectivity index (χ3v) is 1.71. The molecule has 0 amide bonds. The number of oxazole rings is 1. The minimum atomic E-state index is 0.0630. The lowest BCUT2D eigenvalue weighted by Crippen LogP contribution is -2.17. The van der Waals surface area contributed by atoms with Crippen LogP contribution in [-0.4, -0.2) is 16.0 Å². The van der Waals surface area contributed by atoms with Crippen molar-refractivity contribution < 1.29 is 4.42 Å². The van der Waals surface area contributed by atoms with Crippen LogP contribution in [0.15, 0.2) is 22.7 Å². The van der Waals surface area contributed by atoms with Gasteiger partial charge in [0.2, 0.25) is 0 Å². The van der Waals surface area contributed by atoms with E-state index in [0.29, 0.717) is 18.0 Å². The lowest BCUT2D eigenvalue weighted by Gasteiger charge is -1.97. The molecule has 0 aliphatic heterocycles. The Morgan fingerprint density at radius 3 is 3.15 bits per heavy atom. The van der Waals surface area contributed by atoms with Crippen molar-refractivity contribution in [3.8, 4) is 0 Å². The van der Waals surface area contributed by atoms with Crippen molar-refractivity contribution in [2.24, 2.45) is 5.73 Å². The summed E-state index contributed by atoms with van der Waals surface area (Å²) in [5.41, 5.74) is 7.00. The minimum absolute atomic E-state index is 0.0630. The van der Waals surface area contributed by atoms with Gasteiger partial charge in [0, 0.05) is 18.7 Å². The van der Waals surface area contributed by atoms with Gasteiger partial charge >= 0.3 is 0 Å². The van der Waals surface area contributed by atoms with E-state index in [0.717, 1.165) is 5.58 Å². The zero-order valence-corrected chi connectivity index (χ0v) is 7.40. The van der Waals surface area contributed by atoms with Gasteiger partial charge in [-0.25, -0.2) is 4.98 Å². The van der Waals surface area contributed by atoms with E-state index in [-0.39, 0.29) is 6.04 Å². The Hall–Kier alpha value is -1.42. The molecule has 2 aromatic heterocycles. The molecular formula is C9H11N3O. The van der Waals surface area contributed by atoms with Crippen LogP contribution < -0.4 is 5.73 Å². The van der Waals surface area contributed by atoms with E-state index in [1.165, 1.54) is 0 Å². The molecule has 4 heteroatoms. The van der Waals surface area contributed by atoms with E-state index in [1.807, 2.05) is 19.1 Å². The van der Waals surface area contributed by atoms with Gasteiger partial charge in [0.1, 0.15) is 0 Å². The number of hydrogen-bond acceptors (Lipinski definition) is 4. The summed E-state index contributed by atoms with van der Waals surface area (Å²) in [5, 5.41) is 0. The van der Waals surface area contributed by atoms with Gasteiger partial charge in [0.05, 0.1) is 0 Å². The summed E-state index contributed by atoms with van der Waals surface area (Å²) in [5.74, 6) is 0.656. The molecule has 1 atom stereocenters. The predicted octanol–water partition coefficient (Wildman–Crippen LogP) is 1.11. The highest BCUT2D eigenvalue weighted by Crippen LogP contribution is 2.12. The highest BCUT2D eigenvalue weighted by atomic mass is 16.3. The molecule has 1 unspecified atom stereocenters. The largest absolute Gasteiger partial charge is 0.439 e. The molecular weight excluding hydrogens is 166 g/mol. The third kappa shape index (κ3) is 1.67. The molecule has 68 valence electrons. The number of hydrogen-bond donors (Lipinski definition) is 1. The molecule has 2 rings (SSSR count). The van der Waals surface area contributed by atoms with Gasteiger partial charge in [-0.3, -0.25) is 0 Å². The van der Waals surface area contributed by atoms with Gasteiger partial charge < -0.3 is 10.2 Å². The van der Waals surface area contributed by atoms with Crippen molar-refractivity contribution in [2.75, 3.05) is 0 Å². The number of nitrogens with two attached hydrogens (primary N) is 1. The molecule has 0 saturated heterocycles. The maximum atomic E-state index is 5.63. The van der Waals surface area contributed by atoms with E-state index in [9.17, 15) is 0 Å². The maximum absolute atomic E-state index is 5.63. The monoisotopic (exact) mass is 177 g/mol. The summed E-state index contributed by atoms with van der Waals surface area (Å²) in [6.45, 7) is 1.92. The molecule has 0 aliphatic carbocycles. The Balaban J connectivity index is 2.38. The van der Waals surface area contributed by atoms with Crippen molar-refractivity contribution in [3.05, 3.63) is 24.2 Å². The van der Waals surface area contributed by atoms with Gasteiger partial charge in [0.15, 0.2) is 17.1 Å². The van der Waals surface area contributed by atoms with Crippen molar-refractivity contribution in [1.29, 1.82) is 0 Å². The smallest absolute Gasteiger partial charge is 0.198 e. The average molecular weight is 177 g/mol. The molecule has 0 aliphatic rings. The van der Waals surface area contributed by atoms with Gasteiger partial charge in [0.25, 0.3) is 0 Å². The third-order valence-electron chi connectivity index (χ3n) is 1.71. The maximum Gasteiger partial charge on any atom is 0.198 e. The van der Waals surface area contributed by atoms with E-state index in [2.05, 4.69) is 9.97 Å². The van der Waals surface area contributed by atoms with Crippen LogP contribution in [0.4, 0.5) is 0 Å². The van der Waals surface area contributed by atoms with Crippen molar-refractivity contribution >= 4 is 11.2 Å². The van der Waals surface area contributed by atoms with E-state index in [4.69, 9.17) is 10.2 Å². The number of fused-ring (bicyclic) bond motifs is 1. The summed E-state index contributed by atoms with van der Waals surface area (Å²) in [6, 6.07) is 3.73. The molecule has 2 N–H and O–H groups in total. The fourth-order valence-electron chi connectivity index (χ4n) is 1.18. The first kappa shape index (κ1) is 8.19. The number of nitrogens with zero attached hydrogens (tertiary/aromatic N) is 2. The highest BCUT2D eigenvalue weighted by molar-refractivity contribution is 5.66. The van der Waals surface area contributed by atoms with Crippen LogP contribution in [-0.2, 0) is 6.42 Å². The average Bonchev–Trinajstić information content (AvgIpc) is 2.44. The van der Waals surface area contributed by atoms with Gasteiger partial charge in [-0.1, -0.05) is 0 Å². The SMILES string of the molecule is CC(N)Cc1nc2ncccc2o1.